The number of pyridine rings is 1. The van der Waals surface area contributed by atoms with Gasteiger partial charge in [0.2, 0.25) is 0 Å². The van der Waals surface area contributed by atoms with E-state index in [1.54, 1.807) is 13.1 Å². The molecular formula is C24H30N2O3S. The molecule has 6 heteroatoms. The zero-order valence-corrected chi connectivity index (χ0v) is 18.7. The molecule has 1 aromatic carbocycles. The van der Waals surface area contributed by atoms with Crippen molar-refractivity contribution >= 4 is 24.2 Å². The molecule has 0 aliphatic carbocycles. The molecule has 2 rings (SSSR count). The highest BCUT2D eigenvalue weighted by Gasteiger charge is 2.25. The van der Waals surface area contributed by atoms with Crippen LogP contribution in [0, 0.1) is 0 Å². The summed E-state index contributed by atoms with van der Waals surface area (Å²) < 4.78 is 11.5. The number of allylic oxidation sites excluding steroid dienone is 1. The molecule has 1 heterocycles. The molecule has 0 radical (unpaired) electrons. The quantitative estimate of drug-likeness (QED) is 0.327. The van der Waals surface area contributed by atoms with Gasteiger partial charge in [-0.15, -0.1) is 12.6 Å². The fourth-order valence-corrected chi connectivity index (χ4v) is 3.16. The molecular weight excluding hydrogens is 396 g/mol. The normalized spacial score (nSPS) is 13.4. The summed E-state index contributed by atoms with van der Waals surface area (Å²) in [6, 6.07) is 11.3. The summed E-state index contributed by atoms with van der Waals surface area (Å²) in [6.45, 7) is 10.5. The van der Waals surface area contributed by atoms with Crippen LogP contribution >= 0.6 is 12.6 Å². The molecule has 1 aromatic heterocycles. The zero-order chi connectivity index (χ0) is 22.1. The molecule has 0 aliphatic heterocycles. The van der Waals surface area contributed by atoms with Gasteiger partial charge in [0.25, 0.3) is 0 Å². The van der Waals surface area contributed by atoms with Crippen molar-refractivity contribution in [3.8, 4) is 5.75 Å². The number of nitrogens with zero attached hydrogens (tertiary/aromatic N) is 1. The summed E-state index contributed by atoms with van der Waals surface area (Å²) in [5.41, 5.74) is 8.43. The molecule has 0 spiro atoms. The first-order chi connectivity index (χ1) is 14.3. The fraction of sp³-hybridized carbons (Fsp3) is 0.333. The lowest BCUT2D eigenvalue weighted by Gasteiger charge is -2.29. The largest absolute Gasteiger partial charge is 0.483 e. The number of hydrogen-bond donors (Lipinski definition) is 2. The van der Waals surface area contributed by atoms with Gasteiger partial charge in [-0.25, -0.2) is 0 Å². The number of rotatable bonds is 10. The SMILES string of the molecule is C=C(S)/C(=C\C(C)(CC)Oc1ccccc1CC(=O)OCC)c1ccnc(CN)c1. The maximum atomic E-state index is 12.0. The van der Waals surface area contributed by atoms with Gasteiger partial charge in [-0.1, -0.05) is 31.7 Å². The number of para-hydroxylation sites is 1. The smallest absolute Gasteiger partial charge is 0.310 e. The topological polar surface area (TPSA) is 74.4 Å². The molecule has 1 atom stereocenters. The van der Waals surface area contributed by atoms with E-state index in [1.165, 1.54) is 0 Å². The van der Waals surface area contributed by atoms with E-state index in [-0.39, 0.29) is 12.4 Å². The van der Waals surface area contributed by atoms with Gasteiger partial charge < -0.3 is 15.2 Å². The summed E-state index contributed by atoms with van der Waals surface area (Å²) in [5, 5.41) is 0. The van der Waals surface area contributed by atoms with E-state index in [1.807, 2.05) is 56.3 Å². The molecule has 0 amide bonds. The van der Waals surface area contributed by atoms with Crippen LogP contribution in [0.1, 0.15) is 44.0 Å². The number of hydrogen-bond acceptors (Lipinski definition) is 6. The van der Waals surface area contributed by atoms with Crippen molar-refractivity contribution < 1.29 is 14.3 Å². The van der Waals surface area contributed by atoms with Crippen LogP contribution in [0.25, 0.3) is 5.57 Å². The molecule has 5 nitrogen and oxygen atoms in total. The predicted octanol–water partition coefficient (Wildman–Crippen LogP) is 4.72. The lowest BCUT2D eigenvalue weighted by Crippen LogP contribution is -2.30. The van der Waals surface area contributed by atoms with E-state index < -0.39 is 5.60 Å². The fourth-order valence-electron chi connectivity index (χ4n) is 2.97. The number of aromatic nitrogens is 1. The minimum absolute atomic E-state index is 0.157. The van der Waals surface area contributed by atoms with Crippen molar-refractivity contribution in [3.63, 3.8) is 0 Å². The summed E-state index contributed by atoms with van der Waals surface area (Å²) >= 11 is 4.50. The summed E-state index contributed by atoms with van der Waals surface area (Å²) in [4.78, 5) is 16.9. The van der Waals surface area contributed by atoms with Gasteiger partial charge in [0.05, 0.1) is 18.7 Å². The van der Waals surface area contributed by atoms with Gasteiger partial charge in [-0.05, 0) is 55.7 Å². The molecule has 0 aliphatic rings. The molecule has 0 saturated carbocycles. The van der Waals surface area contributed by atoms with Crippen LogP contribution < -0.4 is 10.5 Å². The number of ether oxygens (including phenoxy) is 2. The number of esters is 1. The number of benzene rings is 1. The van der Waals surface area contributed by atoms with Crippen molar-refractivity contribution in [1.29, 1.82) is 0 Å². The Morgan fingerprint density at radius 3 is 2.67 bits per heavy atom. The Hall–Kier alpha value is -2.57. The maximum absolute atomic E-state index is 12.0. The number of carbonyl (C=O) groups excluding carboxylic acids is 1. The van der Waals surface area contributed by atoms with Gasteiger partial charge >= 0.3 is 5.97 Å². The standard InChI is InChI=1S/C24H30N2O3S/c1-5-24(4,15-21(17(3)30)18-11-12-26-20(13-18)16-25)29-22-10-8-7-9-19(22)14-23(27)28-6-2/h7-13,15,30H,3,5-6,14,16,25H2,1-2,4H3/b21-15+. The lowest BCUT2D eigenvalue weighted by atomic mass is 9.95. The Kier molecular flexibility index (Phi) is 8.69. The molecule has 160 valence electrons. The molecule has 0 saturated heterocycles. The summed E-state index contributed by atoms with van der Waals surface area (Å²) in [7, 11) is 0. The van der Waals surface area contributed by atoms with Crippen molar-refractivity contribution in [2.45, 2.75) is 45.8 Å². The molecule has 30 heavy (non-hydrogen) atoms. The molecule has 2 N–H and O–H groups in total. The number of nitrogens with two attached hydrogens (primary N) is 1. The Balaban J connectivity index is 2.40. The zero-order valence-electron chi connectivity index (χ0n) is 17.9. The third kappa shape index (κ3) is 6.47. The second-order valence-corrected chi connectivity index (χ2v) is 7.64. The summed E-state index contributed by atoms with van der Waals surface area (Å²) in [6.07, 6.45) is 4.59. The van der Waals surface area contributed by atoms with E-state index >= 15 is 0 Å². The lowest BCUT2D eigenvalue weighted by molar-refractivity contribution is -0.142. The molecule has 0 bridgehead atoms. The van der Waals surface area contributed by atoms with Crippen LogP contribution in [-0.4, -0.2) is 23.2 Å². The molecule has 1 unspecified atom stereocenters. The van der Waals surface area contributed by atoms with Crippen molar-refractivity contribution in [2.75, 3.05) is 6.61 Å². The first-order valence-corrected chi connectivity index (χ1v) is 10.5. The maximum Gasteiger partial charge on any atom is 0.310 e. The van der Waals surface area contributed by atoms with Crippen LogP contribution in [0.4, 0.5) is 0 Å². The van der Waals surface area contributed by atoms with E-state index in [9.17, 15) is 4.79 Å². The Morgan fingerprint density at radius 2 is 2.03 bits per heavy atom. The van der Waals surface area contributed by atoms with E-state index in [4.69, 9.17) is 15.2 Å². The number of carbonyl (C=O) groups is 1. The monoisotopic (exact) mass is 426 g/mol. The Labute approximate surface area is 184 Å². The van der Waals surface area contributed by atoms with Gasteiger partial charge in [-0.3, -0.25) is 9.78 Å². The highest BCUT2D eigenvalue weighted by atomic mass is 32.1. The second kappa shape index (κ2) is 11.0. The minimum Gasteiger partial charge on any atom is -0.483 e. The van der Waals surface area contributed by atoms with Crippen LogP contribution in [0.2, 0.25) is 0 Å². The van der Waals surface area contributed by atoms with E-state index in [2.05, 4.69) is 24.2 Å². The van der Waals surface area contributed by atoms with Gasteiger partial charge in [0, 0.05) is 23.2 Å². The van der Waals surface area contributed by atoms with Crippen molar-refractivity contribution in [3.05, 3.63) is 77.0 Å². The minimum atomic E-state index is -0.655. The van der Waals surface area contributed by atoms with Gasteiger partial charge in [0.15, 0.2) is 0 Å². The highest BCUT2D eigenvalue weighted by Crippen LogP contribution is 2.32. The van der Waals surface area contributed by atoms with Crippen LogP contribution in [0.3, 0.4) is 0 Å². The molecule has 0 fully saturated rings. The predicted molar refractivity (Wildman–Crippen MR) is 124 cm³/mol. The highest BCUT2D eigenvalue weighted by molar-refractivity contribution is 7.85. The first kappa shape index (κ1) is 23.7. The Morgan fingerprint density at radius 1 is 1.30 bits per heavy atom. The van der Waals surface area contributed by atoms with Crippen LogP contribution in [0.15, 0.2) is 60.2 Å². The summed E-state index contributed by atoms with van der Waals surface area (Å²) in [5.74, 6) is 0.366. The first-order valence-electron chi connectivity index (χ1n) is 10.0. The average Bonchev–Trinajstić information content (AvgIpc) is 2.73. The van der Waals surface area contributed by atoms with Gasteiger partial charge in [0.1, 0.15) is 11.4 Å². The van der Waals surface area contributed by atoms with Crippen LogP contribution in [-0.2, 0) is 22.5 Å². The third-order valence-corrected chi connectivity index (χ3v) is 5.00. The van der Waals surface area contributed by atoms with Crippen molar-refractivity contribution in [1.82, 2.24) is 4.98 Å². The van der Waals surface area contributed by atoms with Gasteiger partial charge in [-0.2, -0.15) is 0 Å². The Bertz CT molecular complexity index is 926. The van der Waals surface area contributed by atoms with Crippen LogP contribution in [0.5, 0.6) is 5.75 Å². The van der Waals surface area contributed by atoms with E-state index in [0.717, 1.165) is 22.4 Å². The third-order valence-electron chi connectivity index (χ3n) is 4.76. The molecule has 2 aromatic rings. The number of thiol groups is 1. The average molecular weight is 427 g/mol. The van der Waals surface area contributed by atoms with Crippen molar-refractivity contribution in [2.24, 2.45) is 5.73 Å². The second-order valence-electron chi connectivity index (χ2n) is 7.10. The van der Waals surface area contributed by atoms with E-state index in [0.29, 0.717) is 30.2 Å².